The Labute approximate surface area is 159 Å². The van der Waals surface area contributed by atoms with Crippen LogP contribution in [0.1, 0.15) is 11.1 Å². The normalized spacial score (nSPS) is 11.9. The van der Waals surface area contributed by atoms with E-state index < -0.39 is 28.7 Å². The number of alkyl halides is 3. The summed E-state index contributed by atoms with van der Waals surface area (Å²) in [5, 5.41) is 2.08. The van der Waals surface area contributed by atoms with Crippen LogP contribution in [-0.2, 0) is 21.2 Å². The summed E-state index contributed by atoms with van der Waals surface area (Å²) in [5.74, 6) is -0.782. The topological polar surface area (TPSA) is 75.3 Å². The van der Waals surface area contributed by atoms with Gasteiger partial charge in [-0.15, -0.1) is 0 Å². The number of anilines is 1. The minimum atomic E-state index is -4.48. The number of carbonyl (C=O) groups is 1. The van der Waals surface area contributed by atoms with Crippen LogP contribution in [0, 0.1) is 6.92 Å². The van der Waals surface area contributed by atoms with Crippen molar-refractivity contribution in [1.29, 1.82) is 0 Å². The Balaban J connectivity index is 2.02. The second kappa shape index (κ2) is 8.18. The first kappa shape index (κ1) is 21.0. The Bertz CT molecular complexity index is 929. The van der Waals surface area contributed by atoms with Gasteiger partial charge >= 0.3 is 6.18 Å². The third-order valence-corrected chi connectivity index (χ3v) is 5.30. The molecule has 0 aromatic heterocycles. The number of amides is 1. The first-order valence-electron chi connectivity index (χ1n) is 7.68. The maximum atomic E-state index is 12.4. The highest BCUT2D eigenvalue weighted by Crippen LogP contribution is 2.22. The Morgan fingerprint density at radius 3 is 2.30 bits per heavy atom. The first-order chi connectivity index (χ1) is 12.5. The molecule has 10 heteroatoms. The van der Waals surface area contributed by atoms with Crippen LogP contribution in [-0.4, -0.2) is 27.0 Å². The molecule has 0 bridgehead atoms. The SMILES string of the molecule is Cc1ccc(S(=O)(=O)Nc2ccc(CC(=O)NCC(F)(F)F)cc2)cc1Cl. The second-order valence-electron chi connectivity index (χ2n) is 5.78. The van der Waals surface area contributed by atoms with E-state index in [0.29, 0.717) is 10.6 Å². The van der Waals surface area contributed by atoms with Gasteiger partial charge in [0.05, 0.1) is 11.3 Å². The predicted molar refractivity (Wildman–Crippen MR) is 96.2 cm³/mol. The molecule has 0 spiro atoms. The highest BCUT2D eigenvalue weighted by Gasteiger charge is 2.27. The number of aryl methyl sites for hydroxylation is 1. The molecule has 0 saturated heterocycles. The molecule has 0 aliphatic heterocycles. The van der Waals surface area contributed by atoms with Gasteiger partial charge in [-0.25, -0.2) is 8.42 Å². The molecule has 2 N–H and O–H groups in total. The summed E-state index contributed by atoms with van der Waals surface area (Å²) in [7, 11) is -3.85. The molecule has 2 rings (SSSR count). The van der Waals surface area contributed by atoms with E-state index in [1.165, 1.54) is 36.4 Å². The fourth-order valence-electron chi connectivity index (χ4n) is 2.09. The Morgan fingerprint density at radius 2 is 1.74 bits per heavy atom. The third kappa shape index (κ3) is 6.44. The smallest absolute Gasteiger partial charge is 0.347 e. The molecule has 2 aromatic carbocycles. The molecular weight excluding hydrogens is 405 g/mol. The number of hydrogen-bond donors (Lipinski definition) is 2. The van der Waals surface area contributed by atoms with Gasteiger partial charge in [-0.1, -0.05) is 29.8 Å². The Hall–Kier alpha value is -2.26. The van der Waals surface area contributed by atoms with Gasteiger partial charge in [0.2, 0.25) is 5.91 Å². The zero-order valence-electron chi connectivity index (χ0n) is 14.1. The molecule has 0 aliphatic carbocycles. The van der Waals surface area contributed by atoms with E-state index in [9.17, 15) is 26.4 Å². The van der Waals surface area contributed by atoms with Crippen LogP contribution in [0.5, 0.6) is 0 Å². The van der Waals surface area contributed by atoms with Gasteiger partial charge in [0, 0.05) is 10.7 Å². The Kier molecular flexibility index (Phi) is 6.38. The van der Waals surface area contributed by atoms with E-state index in [0.717, 1.165) is 5.56 Å². The second-order valence-corrected chi connectivity index (χ2v) is 7.87. The number of carbonyl (C=O) groups excluding carboxylic acids is 1. The molecule has 0 unspecified atom stereocenters. The lowest BCUT2D eigenvalue weighted by Gasteiger charge is -2.10. The molecule has 146 valence electrons. The molecular formula is C17H16ClF3N2O3S. The average Bonchev–Trinajstić information content (AvgIpc) is 2.56. The van der Waals surface area contributed by atoms with Crippen molar-refractivity contribution >= 4 is 33.2 Å². The predicted octanol–water partition coefficient (Wildman–Crippen LogP) is 3.67. The van der Waals surface area contributed by atoms with Gasteiger partial charge in [-0.2, -0.15) is 13.2 Å². The highest BCUT2D eigenvalue weighted by molar-refractivity contribution is 7.92. The number of rotatable bonds is 6. The molecule has 0 atom stereocenters. The van der Waals surface area contributed by atoms with E-state index in [1.54, 1.807) is 18.3 Å². The third-order valence-electron chi connectivity index (χ3n) is 3.51. The van der Waals surface area contributed by atoms with Crippen molar-refractivity contribution in [1.82, 2.24) is 5.32 Å². The molecule has 0 radical (unpaired) electrons. The molecule has 0 fully saturated rings. The van der Waals surface area contributed by atoms with Crippen molar-refractivity contribution in [3.8, 4) is 0 Å². The van der Waals surface area contributed by atoms with E-state index in [-0.39, 0.29) is 17.0 Å². The highest BCUT2D eigenvalue weighted by atomic mass is 35.5. The minimum Gasteiger partial charge on any atom is -0.347 e. The summed E-state index contributed by atoms with van der Waals surface area (Å²) in [5.41, 5.74) is 1.42. The molecule has 2 aromatic rings. The van der Waals surface area contributed by atoms with Crippen molar-refractivity contribution in [3.63, 3.8) is 0 Å². The largest absolute Gasteiger partial charge is 0.405 e. The van der Waals surface area contributed by atoms with Crippen LogP contribution in [0.15, 0.2) is 47.4 Å². The maximum Gasteiger partial charge on any atom is 0.405 e. The van der Waals surface area contributed by atoms with Crippen molar-refractivity contribution in [3.05, 3.63) is 58.6 Å². The van der Waals surface area contributed by atoms with Crippen LogP contribution in [0.3, 0.4) is 0 Å². The van der Waals surface area contributed by atoms with Crippen LogP contribution in [0.4, 0.5) is 18.9 Å². The number of benzene rings is 2. The maximum absolute atomic E-state index is 12.4. The van der Waals surface area contributed by atoms with Gasteiger partial charge < -0.3 is 5.32 Å². The standard InChI is InChI=1S/C17H16ClF3N2O3S/c1-11-2-7-14(9-15(11)18)27(25,26)23-13-5-3-12(4-6-13)8-16(24)22-10-17(19,20)21/h2-7,9,23H,8,10H2,1H3,(H,22,24). The van der Waals surface area contributed by atoms with Gasteiger partial charge in [0.1, 0.15) is 6.54 Å². The van der Waals surface area contributed by atoms with E-state index in [1.807, 2.05) is 0 Å². The summed E-state index contributed by atoms with van der Waals surface area (Å²) < 4.78 is 63.3. The van der Waals surface area contributed by atoms with Crippen LogP contribution in [0.25, 0.3) is 0 Å². The lowest BCUT2D eigenvalue weighted by Crippen LogP contribution is -2.34. The first-order valence-corrected chi connectivity index (χ1v) is 9.54. The van der Waals surface area contributed by atoms with Crippen LogP contribution < -0.4 is 10.0 Å². The zero-order valence-corrected chi connectivity index (χ0v) is 15.7. The number of hydrogen-bond acceptors (Lipinski definition) is 3. The lowest BCUT2D eigenvalue weighted by atomic mass is 10.1. The fraction of sp³-hybridized carbons (Fsp3) is 0.235. The van der Waals surface area contributed by atoms with Gasteiger partial charge in [-0.3, -0.25) is 9.52 Å². The van der Waals surface area contributed by atoms with E-state index in [2.05, 4.69) is 4.72 Å². The number of nitrogens with one attached hydrogen (secondary N) is 2. The summed E-state index contributed by atoms with van der Waals surface area (Å²) >= 11 is 5.95. The van der Waals surface area contributed by atoms with Crippen molar-refractivity contribution < 1.29 is 26.4 Å². The Morgan fingerprint density at radius 1 is 1.11 bits per heavy atom. The van der Waals surface area contributed by atoms with Crippen LogP contribution >= 0.6 is 11.6 Å². The summed E-state index contributed by atoms with van der Waals surface area (Å²) in [6, 6.07) is 10.1. The molecule has 27 heavy (non-hydrogen) atoms. The van der Waals surface area contributed by atoms with E-state index >= 15 is 0 Å². The zero-order chi connectivity index (χ0) is 20.2. The van der Waals surface area contributed by atoms with Gasteiger partial charge in [0.15, 0.2) is 0 Å². The monoisotopic (exact) mass is 420 g/mol. The average molecular weight is 421 g/mol. The lowest BCUT2D eigenvalue weighted by molar-refractivity contribution is -0.138. The number of sulfonamides is 1. The van der Waals surface area contributed by atoms with Gasteiger partial charge in [-0.05, 0) is 42.3 Å². The van der Waals surface area contributed by atoms with Crippen molar-refractivity contribution in [2.24, 2.45) is 0 Å². The summed E-state index contributed by atoms with van der Waals surface area (Å²) in [6.45, 7) is 0.346. The molecule has 0 aliphatic rings. The molecule has 0 saturated carbocycles. The van der Waals surface area contributed by atoms with Crippen molar-refractivity contribution in [2.75, 3.05) is 11.3 Å². The number of halogens is 4. The quantitative estimate of drug-likeness (QED) is 0.748. The van der Waals surface area contributed by atoms with Crippen LogP contribution in [0.2, 0.25) is 5.02 Å². The molecule has 0 heterocycles. The summed E-state index contributed by atoms with van der Waals surface area (Å²) in [4.78, 5) is 11.5. The summed E-state index contributed by atoms with van der Waals surface area (Å²) in [6.07, 6.45) is -4.73. The van der Waals surface area contributed by atoms with E-state index in [4.69, 9.17) is 11.6 Å². The fourth-order valence-corrected chi connectivity index (χ4v) is 3.42. The van der Waals surface area contributed by atoms with Crippen molar-refractivity contribution in [2.45, 2.75) is 24.4 Å². The van der Waals surface area contributed by atoms with Gasteiger partial charge in [0.25, 0.3) is 10.0 Å². The molecule has 1 amide bonds. The minimum absolute atomic E-state index is 0.00583. The molecule has 5 nitrogen and oxygen atoms in total.